The van der Waals surface area contributed by atoms with Crippen LogP contribution in [0.4, 0.5) is 13.2 Å². The zero-order chi connectivity index (χ0) is 12.6. The second-order valence-corrected chi connectivity index (χ2v) is 3.83. The summed E-state index contributed by atoms with van der Waals surface area (Å²) < 4.78 is 41.8. The van der Waals surface area contributed by atoms with Crippen molar-refractivity contribution in [2.45, 2.75) is 25.4 Å². The Kier molecular flexibility index (Phi) is 2.95. The van der Waals surface area contributed by atoms with Crippen molar-refractivity contribution in [3.05, 3.63) is 29.1 Å². The van der Waals surface area contributed by atoms with E-state index in [0.717, 1.165) is 18.9 Å². The minimum Gasteiger partial charge on any atom is -0.477 e. The van der Waals surface area contributed by atoms with Crippen LogP contribution in [-0.4, -0.2) is 17.7 Å². The topological polar surface area (TPSA) is 46.5 Å². The summed E-state index contributed by atoms with van der Waals surface area (Å²) in [5, 5.41) is 8.74. The predicted molar refractivity (Wildman–Crippen MR) is 52.0 cm³/mol. The van der Waals surface area contributed by atoms with E-state index >= 15 is 0 Å². The minimum absolute atomic E-state index is 0.118. The van der Waals surface area contributed by atoms with Gasteiger partial charge in [-0.05, 0) is 36.5 Å². The van der Waals surface area contributed by atoms with E-state index in [1.165, 1.54) is 6.07 Å². The van der Waals surface area contributed by atoms with Gasteiger partial charge in [-0.3, -0.25) is 0 Å². The van der Waals surface area contributed by atoms with Gasteiger partial charge in [-0.15, -0.1) is 0 Å². The highest BCUT2D eigenvalue weighted by molar-refractivity contribution is 5.91. The van der Waals surface area contributed by atoms with Crippen LogP contribution in [0.25, 0.3) is 0 Å². The molecule has 3 nitrogen and oxygen atoms in total. The molecule has 1 saturated carbocycles. The number of hydrogen-bond donors (Lipinski definition) is 1. The number of alkyl halides is 2. The summed E-state index contributed by atoms with van der Waals surface area (Å²) in [5.74, 6) is -3.17. The third-order valence-electron chi connectivity index (χ3n) is 2.56. The van der Waals surface area contributed by atoms with Gasteiger partial charge in [-0.2, -0.15) is 8.78 Å². The Morgan fingerprint density at radius 3 is 2.53 bits per heavy atom. The highest BCUT2D eigenvalue weighted by Crippen LogP contribution is 2.42. The first-order valence-corrected chi connectivity index (χ1v) is 5.00. The van der Waals surface area contributed by atoms with E-state index in [1.54, 1.807) is 0 Å². The molecule has 1 aromatic rings. The number of rotatable bonds is 4. The largest absolute Gasteiger partial charge is 0.477 e. The minimum atomic E-state index is -3.18. The van der Waals surface area contributed by atoms with Gasteiger partial charge in [0.05, 0.1) is 0 Å². The quantitative estimate of drug-likeness (QED) is 0.888. The number of carboxylic acids is 1. The Hall–Kier alpha value is -1.72. The van der Waals surface area contributed by atoms with Gasteiger partial charge in [0.15, 0.2) is 0 Å². The van der Waals surface area contributed by atoms with Crippen molar-refractivity contribution in [2.75, 3.05) is 0 Å². The number of hydrogen-bond acceptors (Lipinski definition) is 2. The van der Waals surface area contributed by atoms with E-state index in [2.05, 4.69) is 4.74 Å². The van der Waals surface area contributed by atoms with Gasteiger partial charge in [-0.25, -0.2) is 9.18 Å². The Morgan fingerprint density at radius 2 is 2.06 bits per heavy atom. The Bertz CT molecular complexity index is 456. The summed E-state index contributed by atoms with van der Waals surface area (Å²) in [5.41, 5.74) is -0.349. The average Bonchev–Trinajstić information content (AvgIpc) is 2.97. The fraction of sp³-hybridized carbons (Fsp3) is 0.364. The maximum atomic E-state index is 13.5. The average molecular weight is 246 g/mol. The van der Waals surface area contributed by atoms with Crippen molar-refractivity contribution in [3.63, 3.8) is 0 Å². The van der Waals surface area contributed by atoms with Gasteiger partial charge in [0.25, 0.3) is 0 Å². The van der Waals surface area contributed by atoms with Gasteiger partial charge in [-0.1, -0.05) is 0 Å². The molecule has 0 heterocycles. The van der Waals surface area contributed by atoms with Crippen molar-refractivity contribution in [2.24, 2.45) is 0 Å². The summed E-state index contributed by atoms with van der Waals surface area (Å²) in [6, 6.07) is 2.25. The monoisotopic (exact) mass is 246 g/mol. The maximum Gasteiger partial charge on any atom is 0.387 e. The van der Waals surface area contributed by atoms with E-state index < -0.39 is 29.7 Å². The maximum absolute atomic E-state index is 13.5. The third-order valence-corrected chi connectivity index (χ3v) is 2.56. The van der Waals surface area contributed by atoms with E-state index in [4.69, 9.17) is 5.11 Å². The van der Waals surface area contributed by atoms with Gasteiger partial charge in [0.2, 0.25) is 0 Å². The molecule has 1 N–H and O–H groups in total. The smallest absolute Gasteiger partial charge is 0.387 e. The molecule has 0 spiro atoms. The Labute approximate surface area is 94.8 Å². The lowest BCUT2D eigenvalue weighted by Crippen LogP contribution is -2.10. The normalized spacial score (nSPS) is 15.1. The van der Waals surface area contributed by atoms with Crippen molar-refractivity contribution < 1.29 is 27.8 Å². The molecule has 0 bridgehead atoms. The molecular formula is C11H9F3O3. The molecule has 0 atom stereocenters. The molecule has 0 saturated heterocycles. The molecule has 0 radical (unpaired) electrons. The van der Waals surface area contributed by atoms with Crippen molar-refractivity contribution in [1.29, 1.82) is 0 Å². The fourth-order valence-electron chi connectivity index (χ4n) is 1.65. The van der Waals surface area contributed by atoms with E-state index in [9.17, 15) is 18.0 Å². The van der Waals surface area contributed by atoms with Crippen LogP contribution in [0, 0.1) is 5.82 Å². The molecule has 1 aliphatic carbocycles. The lowest BCUT2D eigenvalue weighted by atomic mass is 10.1. The lowest BCUT2D eigenvalue weighted by molar-refractivity contribution is -0.0505. The molecule has 0 aliphatic heterocycles. The molecule has 0 unspecified atom stereocenters. The van der Waals surface area contributed by atoms with Crippen LogP contribution in [0.15, 0.2) is 12.1 Å². The molecule has 2 rings (SSSR count). The molecule has 1 aromatic carbocycles. The van der Waals surface area contributed by atoms with Crippen LogP contribution in [0.1, 0.15) is 34.7 Å². The van der Waals surface area contributed by atoms with Crippen LogP contribution in [0.5, 0.6) is 5.75 Å². The number of halogens is 3. The van der Waals surface area contributed by atoms with Crippen molar-refractivity contribution in [3.8, 4) is 5.75 Å². The summed E-state index contributed by atoms with van der Waals surface area (Å²) >= 11 is 0. The van der Waals surface area contributed by atoms with E-state index in [1.807, 2.05) is 0 Å². The number of ether oxygens (including phenoxy) is 1. The van der Waals surface area contributed by atoms with Crippen LogP contribution < -0.4 is 4.74 Å². The standard InChI is InChI=1S/C11H9F3O3/c12-7-3-6(5-1-2-5)4-8(17-11(13)14)9(7)10(15)16/h3-5,11H,1-2H2,(H,15,16). The molecular weight excluding hydrogens is 237 g/mol. The molecule has 17 heavy (non-hydrogen) atoms. The molecule has 6 heteroatoms. The van der Waals surface area contributed by atoms with Crippen molar-refractivity contribution in [1.82, 2.24) is 0 Å². The second kappa shape index (κ2) is 4.27. The summed E-state index contributed by atoms with van der Waals surface area (Å²) in [7, 11) is 0. The third kappa shape index (κ3) is 2.51. The zero-order valence-electron chi connectivity index (χ0n) is 8.62. The van der Waals surface area contributed by atoms with E-state index in [-0.39, 0.29) is 5.92 Å². The molecule has 0 aromatic heterocycles. The molecule has 0 amide bonds. The van der Waals surface area contributed by atoms with Gasteiger partial charge < -0.3 is 9.84 Å². The van der Waals surface area contributed by atoms with Crippen LogP contribution in [0.3, 0.4) is 0 Å². The summed E-state index contributed by atoms with van der Waals surface area (Å²) in [6.45, 7) is -3.18. The fourth-order valence-corrected chi connectivity index (χ4v) is 1.65. The molecule has 1 fully saturated rings. The number of carbonyl (C=O) groups is 1. The van der Waals surface area contributed by atoms with E-state index in [0.29, 0.717) is 5.56 Å². The van der Waals surface area contributed by atoms with Gasteiger partial charge in [0, 0.05) is 0 Å². The number of aromatic carboxylic acids is 1. The summed E-state index contributed by atoms with van der Waals surface area (Å²) in [4.78, 5) is 10.8. The SMILES string of the molecule is O=C(O)c1c(F)cc(C2CC2)cc1OC(F)F. The Balaban J connectivity index is 2.45. The van der Waals surface area contributed by atoms with Crippen LogP contribution in [-0.2, 0) is 0 Å². The molecule has 1 aliphatic rings. The lowest BCUT2D eigenvalue weighted by Gasteiger charge is -2.10. The van der Waals surface area contributed by atoms with Crippen LogP contribution >= 0.6 is 0 Å². The van der Waals surface area contributed by atoms with Crippen LogP contribution in [0.2, 0.25) is 0 Å². The van der Waals surface area contributed by atoms with Gasteiger partial charge in [0.1, 0.15) is 17.1 Å². The predicted octanol–water partition coefficient (Wildman–Crippen LogP) is 3.00. The first-order chi connectivity index (χ1) is 7.99. The Morgan fingerprint density at radius 1 is 1.41 bits per heavy atom. The highest BCUT2D eigenvalue weighted by atomic mass is 19.3. The highest BCUT2D eigenvalue weighted by Gasteiger charge is 2.28. The molecule has 92 valence electrons. The first-order valence-electron chi connectivity index (χ1n) is 5.00. The number of benzene rings is 1. The van der Waals surface area contributed by atoms with Crippen molar-refractivity contribution >= 4 is 5.97 Å². The van der Waals surface area contributed by atoms with Gasteiger partial charge >= 0.3 is 12.6 Å². The first kappa shape index (κ1) is 11.8. The summed E-state index contributed by atoms with van der Waals surface area (Å²) in [6.07, 6.45) is 1.69. The zero-order valence-corrected chi connectivity index (χ0v) is 8.62. The number of carboxylic acid groups (broad SMARTS) is 1. The second-order valence-electron chi connectivity index (χ2n) is 3.83.